The number of halogens is 3. The SMILES string of the molecule is CC1S(=O)[C@H]2C(NC(=O)Cc3ccccc3)C(=O)N2C1(C)C(=O)OCC(Cl)(Cl)Cl. The molecular weight excluding hydrogens is 463 g/mol. The first-order valence-electron chi connectivity index (χ1n) is 8.76. The number of alkyl halides is 3. The lowest BCUT2D eigenvalue weighted by atomic mass is 9.90. The topological polar surface area (TPSA) is 92.8 Å². The molecule has 0 aliphatic carbocycles. The summed E-state index contributed by atoms with van der Waals surface area (Å²) in [6.45, 7) is 2.55. The summed E-state index contributed by atoms with van der Waals surface area (Å²) in [5.74, 6) is -1.68. The van der Waals surface area contributed by atoms with Crippen molar-refractivity contribution in [2.24, 2.45) is 0 Å². The Hall–Kier alpha value is -1.35. The van der Waals surface area contributed by atoms with Crippen molar-refractivity contribution >= 4 is 63.4 Å². The molecule has 11 heteroatoms. The molecule has 158 valence electrons. The quantitative estimate of drug-likeness (QED) is 0.393. The van der Waals surface area contributed by atoms with E-state index in [2.05, 4.69) is 5.32 Å². The maximum atomic E-state index is 12.9. The fraction of sp³-hybridized carbons (Fsp3) is 0.500. The molecule has 2 aliphatic heterocycles. The van der Waals surface area contributed by atoms with E-state index in [0.717, 1.165) is 5.56 Å². The number of rotatable bonds is 5. The van der Waals surface area contributed by atoms with Crippen LogP contribution in [-0.4, -0.2) is 59.5 Å². The predicted molar refractivity (Wildman–Crippen MR) is 110 cm³/mol. The molecule has 0 bridgehead atoms. The van der Waals surface area contributed by atoms with Gasteiger partial charge >= 0.3 is 5.97 Å². The van der Waals surface area contributed by atoms with Crippen LogP contribution in [0.25, 0.3) is 0 Å². The van der Waals surface area contributed by atoms with Gasteiger partial charge in [0.25, 0.3) is 0 Å². The average molecular weight is 482 g/mol. The lowest BCUT2D eigenvalue weighted by molar-refractivity contribution is -0.171. The molecule has 0 aromatic heterocycles. The van der Waals surface area contributed by atoms with Crippen LogP contribution in [0.2, 0.25) is 0 Å². The summed E-state index contributed by atoms with van der Waals surface area (Å²) in [5.41, 5.74) is -0.696. The molecular formula is C18H19Cl3N2O5S. The number of amides is 2. The van der Waals surface area contributed by atoms with Gasteiger partial charge in [0.1, 0.15) is 18.0 Å². The molecule has 0 radical (unpaired) electrons. The minimum Gasteiger partial charge on any atom is -0.459 e. The first-order valence-corrected chi connectivity index (χ1v) is 11.2. The molecule has 2 heterocycles. The fourth-order valence-corrected chi connectivity index (χ4v) is 5.75. The maximum Gasteiger partial charge on any atom is 0.333 e. The smallest absolute Gasteiger partial charge is 0.333 e. The first kappa shape index (κ1) is 22.3. The molecule has 0 saturated carbocycles. The number of carbonyl (C=O) groups is 3. The van der Waals surface area contributed by atoms with Gasteiger partial charge in [0.2, 0.25) is 15.6 Å². The van der Waals surface area contributed by atoms with Crippen molar-refractivity contribution in [1.29, 1.82) is 0 Å². The molecule has 2 aliphatic rings. The highest BCUT2D eigenvalue weighted by molar-refractivity contribution is 7.87. The molecule has 2 amide bonds. The Bertz CT molecular complexity index is 863. The van der Waals surface area contributed by atoms with Gasteiger partial charge in [-0.15, -0.1) is 0 Å². The van der Waals surface area contributed by atoms with Gasteiger partial charge in [0, 0.05) is 0 Å². The molecule has 0 spiro atoms. The van der Waals surface area contributed by atoms with Gasteiger partial charge < -0.3 is 15.0 Å². The Morgan fingerprint density at radius 1 is 1.28 bits per heavy atom. The summed E-state index contributed by atoms with van der Waals surface area (Å²) in [5, 5.41) is 1.09. The third-order valence-electron chi connectivity index (χ3n) is 5.23. The minimum absolute atomic E-state index is 0.0854. The number of nitrogens with one attached hydrogen (secondary N) is 1. The standard InChI is InChI=1S/C18H19Cl3N2O5S/c1-10-17(2,16(26)28-9-18(19,20)21)23-14(25)13(15(23)29(10)27)22-12(24)8-11-6-4-3-5-7-11/h3-7,10,13,15H,8-9H2,1-2H3,(H,22,24)/t10?,13?,15-,17?,29?/m0/s1. The van der Waals surface area contributed by atoms with Gasteiger partial charge in [-0.2, -0.15) is 0 Å². The second-order valence-corrected chi connectivity index (χ2v) is 11.5. The Morgan fingerprint density at radius 2 is 1.90 bits per heavy atom. The van der Waals surface area contributed by atoms with Crippen LogP contribution in [0, 0.1) is 0 Å². The zero-order chi connectivity index (χ0) is 21.6. The van der Waals surface area contributed by atoms with E-state index < -0.39 is 55.3 Å². The van der Waals surface area contributed by atoms with E-state index in [9.17, 15) is 18.6 Å². The number of nitrogens with zero attached hydrogens (tertiary/aromatic N) is 1. The predicted octanol–water partition coefficient (Wildman–Crippen LogP) is 1.71. The van der Waals surface area contributed by atoms with E-state index in [1.807, 2.05) is 6.07 Å². The summed E-state index contributed by atoms with van der Waals surface area (Å²) in [6, 6.07) is 8.07. The van der Waals surface area contributed by atoms with E-state index in [-0.39, 0.29) is 12.3 Å². The largest absolute Gasteiger partial charge is 0.459 e. The molecule has 4 unspecified atom stereocenters. The number of β-lactam (4-membered cyclic amide) rings is 1. The van der Waals surface area contributed by atoms with Crippen molar-refractivity contribution in [3.8, 4) is 0 Å². The molecule has 1 aromatic carbocycles. The monoisotopic (exact) mass is 480 g/mol. The van der Waals surface area contributed by atoms with E-state index in [4.69, 9.17) is 39.5 Å². The van der Waals surface area contributed by atoms with Crippen molar-refractivity contribution in [2.45, 2.75) is 46.3 Å². The number of carbonyl (C=O) groups excluding carboxylic acids is 3. The number of hydrogen-bond acceptors (Lipinski definition) is 5. The molecule has 1 aromatic rings. The van der Waals surface area contributed by atoms with E-state index in [0.29, 0.717) is 0 Å². The minimum atomic E-state index is -1.81. The highest BCUT2D eigenvalue weighted by Crippen LogP contribution is 2.45. The van der Waals surface area contributed by atoms with Crippen LogP contribution in [0.3, 0.4) is 0 Å². The lowest BCUT2D eigenvalue weighted by Crippen LogP contribution is -2.74. The summed E-state index contributed by atoms with van der Waals surface area (Å²) < 4.78 is 16.1. The Morgan fingerprint density at radius 3 is 2.48 bits per heavy atom. The second-order valence-electron chi connectivity index (χ2n) is 7.12. The second kappa shape index (κ2) is 8.06. The van der Waals surface area contributed by atoms with Gasteiger partial charge in [0.05, 0.1) is 22.5 Å². The summed E-state index contributed by atoms with van der Waals surface area (Å²) in [6.07, 6.45) is 0.0854. The number of fused-ring (bicyclic) bond motifs is 1. The van der Waals surface area contributed by atoms with E-state index in [1.165, 1.54) is 11.8 Å². The third kappa shape index (κ3) is 4.13. The highest BCUT2D eigenvalue weighted by Gasteiger charge is 2.70. The van der Waals surface area contributed by atoms with Gasteiger partial charge in [-0.05, 0) is 19.4 Å². The third-order valence-corrected chi connectivity index (χ3v) is 7.67. The maximum absolute atomic E-state index is 12.9. The number of benzene rings is 1. The van der Waals surface area contributed by atoms with Crippen molar-refractivity contribution < 1.29 is 23.3 Å². The van der Waals surface area contributed by atoms with Crippen molar-refractivity contribution in [2.75, 3.05) is 6.61 Å². The van der Waals surface area contributed by atoms with Crippen LogP contribution >= 0.6 is 34.8 Å². The molecule has 5 atom stereocenters. The van der Waals surface area contributed by atoms with Crippen molar-refractivity contribution in [1.82, 2.24) is 10.2 Å². The van der Waals surface area contributed by atoms with Gasteiger partial charge in [-0.1, -0.05) is 65.1 Å². The average Bonchev–Trinajstić information content (AvgIpc) is 2.84. The van der Waals surface area contributed by atoms with Crippen molar-refractivity contribution in [3.63, 3.8) is 0 Å². The lowest BCUT2D eigenvalue weighted by Gasteiger charge is -2.47. The first-order chi connectivity index (χ1) is 13.5. The zero-order valence-corrected chi connectivity index (χ0v) is 18.6. The Labute approximate surface area is 185 Å². The Balaban J connectivity index is 1.71. The van der Waals surface area contributed by atoms with E-state index >= 15 is 0 Å². The van der Waals surface area contributed by atoms with Crippen molar-refractivity contribution in [3.05, 3.63) is 35.9 Å². The molecule has 29 heavy (non-hydrogen) atoms. The molecule has 2 fully saturated rings. The van der Waals surface area contributed by atoms with E-state index in [1.54, 1.807) is 31.2 Å². The van der Waals surface area contributed by atoms with Gasteiger partial charge in [-0.25, -0.2) is 4.79 Å². The number of esters is 1. The van der Waals surface area contributed by atoms with Crippen LogP contribution < -0.4 is 5.32 Å². The van der Waals surface area contributed by atoms with Gasteiger partial charge in [-0.3, -0.25) is 13.8 Å². The number of hydrogen-bond donors (Lipinski definition) is 1. The number of ether oxygens (including phenoxy) is 1. The summed E-state index contributed by atoms with van der Waals surface area (Å²) in [7, 11) is -1.59. The summed E-state index contributed by atoms with van der Waals surface area (Å²) in [4.78, 5) is 38.9. The molecule has 3 rings (SSSR count). The zero-order valence-electron chi connectivity index (χ0n) is 15.6. The van der Waals surface area contributed by atoms with Crippen LogP contribution in [-0.2, 0) is 36.3 Å². The normalized spacial score (nSPS) is 31.1. The fourth-order valence-electron chi connectivity index (χ4n) is 3.52. The summed E-state index contributed by atoms with van der Waals surface area (Å²) >= 11 is 16.8. The molecule has 7 nitrogen and oxygen atoms in total. The molecule has 1 N–H and O–H groups in total. The Kier molecular flexibility index (Phi) is 6.21. The van der Waals surface area contributed by atoms with Crippen LogP contribution in [0.15, 0.2) is 30.3 Å². The van der Waals surface area contributed by atoms with Crippen LogP contribution in [0.1, 0.15) is 19.4 Å². The van der Waals surface area contributed by atoms with Crippen LogP contribution in [0.5, 0.6) is 0 Å². The molecule has 2 saturated heterocycles. The van der Waals surface area contributed by atoms with Gasteiger partial charge in [0.15, 0.2) is 5.54 Å². The van der Waals surface area contributed by atoms with Crippen LogP contribution in [0.4, 0.5) is 0 Å². The highest BCUT2D eigenvalue weighted by atomic mass is 35.6.